The molecular weight excluding hydrogens is 358 g/mol. The summed E-state index contributed by atoms with van der Waals surface area (Å²) < 4.78 is 5.97. The van der Waals surface area contributed by atoms with Gasteiger partial charge in [-0.2, -0.15) is 5.10 Å². The van der Waals surface area contributed by atoms with Crippen molar-refractivity contribution >= 4 is 39.3 Å². The summed E-state index contributed by atoms with van der Waals surface area (Å²) in [4.78, 5) is 25.7. The van der Waals surface area contributed by atoms with Crippen LogP contribution in [0.1, 0.15) is 24.2 Å². The quantitative estimate of drug-likeness (QED) is 0.491. The standard InChI is InChI=1S/C19H21N7O2/c1-10(2)28-15-6-13-11(7-23-25-13)5-14(15)24-18-16-12(19(27)26(3)4)8-20-17(16)21-9-22-18/h5-10H,1-4H3,(H,23,25)(H2,20,21,22,24). The Balaban J connectivity index is 1.84. The zero-order chi connectivity index (χ0) is 19.8. The molecule has 0 unspecified atom stereocenters. The van der Waals surface area contributed by atoms with Gasteiger partial charge in [0.2, 0.25) is 0 Å². The van der Waals surface area contributed by atoms with Crippen molar-refractivity contribution < 1.29 is 9.53 Å². The molecule has 0 saturated heterocycles. The van der Waals surface area contributed by atoms with Crippen LogP contribution in [-0.2, 0) is 0 Å². The van der Waals surface area contributed by atoms with Gasteiger partial charge in [-0.05, 0) is 19.9 Å². The van der Waals surface area contributed by atoms with E-state index in [4.69, 9.17) is 4.74 Å². The van der Waals surface area contributed by atoms with Crippen molar-refractivity contribution in [1.82, 2.24) is 30.0 Å². The van der Waals surface area contributed by atoms with E-state index >= 15 is 0 Å². The van der Waals surface area contributed by atoms with Gasteiger partial charge in [0.25, 0.3) is 5.91 Å². The lowest BCUT2D eigenvalue weighted by atomic mass is 10.2. The van der Waals surface area contributed by atoms with Crippen LogP contribution in [0, 0.1) is 0 Å². The number of hydrogen-bond acceptors (Lipinski definition) is 6. The van der Waals surface area contributed by atoms with Crippen LogP contribution in [0.25, 0.3) is 21.9 Å². The summed E-state index contributed by atoms with van der Waals surface area (Å²) >= 11 is 0. The van der Waals surface area contributed by atoms with E-state index in [1.165, 1.54) is 11.2 Å². The lowest BCUT2D eigenvalue weighted by Crippen LogP contribution is -2.21. The number of amides is 1. The number of carbonyl (C=O) groups excluding carboxylic acids is 1. The topological polar surface area (TPSA) is 112 Å². The number of nitrogens with zero attached hydrogens (tertiary/aromatic N) is 4. The van der Waals surface area contributed by atoms with Gasteiger partial charge in [-0.3, -0.25) is 9.89 Å². The molecule has 4 rings (SSSR count). The van der Waals surface area contributed by atoms with Crippen LogP contribution in [0.15, 0.2) is 30.9 Å². The Morgan fingerprint density at radius 2 is 2.07 bits per heavy atom. The first-order valence-corrected chi connectivity index (χ1v) is 8.88. The van der Waals surface area contributed by atoms with Gasteiger partial charge < -0.3 is 19.9 Å². The minimum Gasteiger partial charge on any atom is -0.489 e. The molecule has 144 valence electrons. The molecule has 0 saturated carbocycles. The molecule has 0 bridgehead atoms. The number of fused-ring (bicyclic) bond motifs is 2. The number of nitrogens with one attached hydrogen (secondary N) is 3. The monoisotopic (exact) mass is 379 g/mol. The van der Waals surface area contributed by atoms with Gasteiger partial charge in [-0.1, -0.05) is 0 Å². The zero-order valence-corrected chi connectivity index (χ0v) is 16.1. The minimum atomic E-state index is -0.131. The van der Waals surface area contributed by atoms with Gasteiger partial charge in [0.05, 0.1) is 34.5 Å². The molecule has 3 heterocycles. The van der Waals surface area contributed by atoms with Gasteiger partial charge in [0.1, 0.15) is 23.5 Å². The van der Waals surface area contributed by atoms with E-state index < -0.39 is 0 Å². The first-order chi connectivity index (χ1) is 13.4. The highest BCUT2D eigenvalue weighted by molar-refractivity contribution is 6.10. The van der Waals surface area contributed by atoms with Crippen LogP contribution < -0.4 is 10.1 Å². The van der Waals surface area contributed by atoms with Crippen molar-refractivity contribution in [2.24, 2.45) is 0 Å². The molecule has 28 heavy (non-hydrogen) atoms. The lowest BCUT2D eigenvalue weighted by Gasteiger charge is -2.16. The molecule has 3 N–H and O–H groups in total. The second-order valence-corrected chi connectivity index (χ2v) is 6.95. The number of carbonyl (C=O) groups is 1. The number of benzene rings is 1. The van der Waals surface area contributed by atoms with Gasteiger partial charge >= 0.3 is 0 Å². The third-order valence-corrected chi connectivity index (χ3v) is 4.26. The van der Waals surface area contributed by atoms with E-state index in [1.807, 2.05) is 26.0 Å². The van der Waals surface area contributed by atoms with Crippen LogP contribution in [0.2, 0.25) is 0 Å². The van der Waals surface area contributed by atoms with Crippen LogP contribution in [0.5, 0.6) is 5.75 Å². The van der Waals surface area contributed by atoms with Crippen LogP contribution in [0.3, 0.4) is 0 Å². The summed E-state index contributed by atoms with van der Waals surface area (Å²) in [7, 11) is 3.42. The summed E-state index contributed by atoms with van der Waals surface area (Å²) in [6, 6.07) is 3.83. The Kier molecular flexibility index (Phi) is 4.34. The Morgan fingerprint density at radius 1 is 1.25 bits per heavy atom. The molecule has 1 aromatic carbocycles. The SMILES string of the molecule is CC(C)Oc1cc2[nH]ncc2cc1Nc1ncnc2[nH]cc(C(=O)N(C)C)c12. The molecule has 0 fully saturated rings. The minimum absolute atomic E-state index is 0.00974. The predicted octanol–water partition coefficient (Wildman–Crippen LogP) is 3.07. The number of H-pyrrole nitrogens is 2. The molecule has 0 atom stereocenters. The summed E-state index contributed by atoms with van der Waals surface area (Å²) in [5.74, 6) is 1.05. The smallest absolute Gasteiger partial charge is 0.255 e. The molecule has 0 aliphatic carbocycles. The molecule has 4 aromatic rings. The van der Waals surface area contributed by atoms with Crippen LogP contribution in [0.4, 0.5) is 11.5 Å². The van der Waals surface area contributed by atoms with Crippen molar-refractivity contribution in [2.45, 2.75) is 20.0 Å². The first kappa shape index (κ1) is 17.8. The van der Waals surface area contributed by atoms with Crippen molar-refractivity contribution in [2.75, 3.05) is 19.4 Å². The molecule has 0 radical (unpaired) electrons. The summed E-state index contributed by atoms with van der Waals surface area (Å²) in [5, 5.41) is 11.9. The van der Waals surface area contributed by atoms with Crippen molar-refractivity contribution in [3.8, 4) is 5.75 Å². The van der Waals surface area contributed by atoms with E-state index in [-0.39, 0.29) is 12.0 Å². The number of ether oxygens (including phenoxy) is 1. The summed E-state index contributed by atoms with van der Waals surface area (Å²) in [6.07, 6.45) is 4.83. The van der Waals surface area contributed by atoms with Gasteiger partial charge in [-0.15, -0.1) is 0 Å². The molecule has 1 amide bonds. The maximum Gasteiger partial charge on any atom is 0.255 e. The third-order valence-electron chi connectivity index (χ3n) is 4.26. The van der Waals surface area contributed by atoms with Gasteiger partial charge in [0.15, 0.2) is 0 Å². The molecule has 9 heteroatoms. The number of hydrogen-bond donors (Lipinski definition) is 3. The van der Waals surface area contributed by atoms with E-state index in [2.05, 4.69) is 30.5 Å². The first-order valence-electron chi connectivity index (χ1n) is 8.88. The Hall–Kier alpha value is -3.62. The average Bonchev–Trinajstić information content (AvgIpc) is 3.27. The Morgan fingerprint density at radius 3 is 2.82 bits per heavy atom. The molecule has 0 aliphatic heterocycles. The van der Waals surface area contributed by atoms with Gasteiger partial charge in [-0.25, -0.2) is 9.97 Å². The van der Waals surface area contributed by atoms with Crippen molar-refractivity contribution in [3.05, 3.63) is 36.4 Å². The Labute approximate surface area is 161 Å². The number of aromatic nitrogens is 5. The second-order valence-electron chi connectivity index (χ2n) is 6.95. The maximum absolute atomic E-state index is 12.6. The van der Waals surface area contributed by atoms with E-state index in [1.54, 1.807) is 26.5 Å². The normalized spacial score (nSPS) is 11.3. The highest BCUT2D eigenvalue weighted by atomic mass is 16.5. The molecule has 0 spiro atoms. The molecule has 3 aromatic heterocycles. The fraction of sp³-hybridized carbons (Fsp3) is 0.263. The van der Waals surface area contributed by atoms with Crippen molar-refractivity contribution in [3.63, 3.8) is 0 Å². The zero-order valence-electron chi connectivity index (χ0n) is 16.1. The number of rotatable bonds is 5. The third kappa shape index (κ3) is 3.11. The van der Waals surface area contributed by atoms with Crippen molar-refractivity contribution in [1.29, 1.82) is 0 Å². The highest BCUT2D eigenvalue weighted by Gasteiger charge is 2.19. The summed E-state index contributed by atoms with van der Waals surface area (Å²) in [5.41, 5.74) is 2.68. The van der Waals surface area contributed by atoms with Crippen LogP contribution in [-0.4, -0.2) is 56.2 Å². The molecular formula is C19H21N7O2. The second kappa shape index (κ2) is 6.84. The van der Waals surface area contributed by atoms with E-state index in [0.717, 1.165) is 16.6 Å². The van der Waals surface area contributed by atoms with Crippen LogP contribution >= 0.6 is 0 Å². The van der Waals surface area contributed by atoms with E-state index in [0.29, 0.717) is 28.2 Å². The van der Waals surface area contributed by atoms with E-state index in [9.17, 15) is 4.79 Å². The molecule has 9 nitrogen and oxygen atoms in total. The fourth-order valence-electron chi connectivity index (χ4n) is 3.02. The largest absolute Gasteiger partial charge is 0.489 e. The average molecular weight is 379 g/mol. The summed E-state index contributed by atoms with van der Waals surface area (Å²) in [6.45, 7) is 3.92. The lowest BCUT2D eigenvalue weighted by molar-refractivity contribution is 0.0829. The maximum atomic E-state index is 12.6. The van der Waals surface area contributed by atoms with Gasteiger partial charge in [0, 0.05) is 31.7 Å². The number of anilines is 2. The number of aromatic amines is 2. The predicted molar refractivity (Wildman–Crippen MR) is 107 cm³/mol. The Bertz CT molecular complexity index is 1160. The fourth-order valence-corrected chi connectivity index (χ4v) is 3.02. The molecule has 0 aliphatic rings. The highest BCUT2D eigenvalue weighted by Crippen LogP contribution is 2.34.